The highest BCUT2D eigenvalue weighted by Gasteiger charge is 2.18. The summed E-state index contributed by atoms with van der Waals surface area (Å²) in [6, 6.07) is 53.1. The molecule has 234 valence electrons. The number of aromatic nitrogens is 5. The van der Waals surface area contributed by atoms with Gasteiger partial charge in [0, 0.05) is 65.7 Å². The molecule has 0 bridgehead atoms. The molecule has 5 nitrogen and oxygen atoms in total. The second-order valence-electron chi connectivity index (χ2n) is 12.4. The average molecular weight is 658 g/mol. The summed E-state index contributed by atoms with van der Waals surface area (Å²) >= 11 is 1.81. The van der Waals surface area contributed by atoms with Crippen LogP contribution in [0, 0.1) is 0 Å². The van der Waals surface area contributed by atoms with Gasteiger partial charge < -0.3 is 4.57 Å². The molecule has 0 unspecified atom stereocenters. The molecule has 4 heterocycles. The van der Waals surface area contributed by atoms with Crippen molar-refractivity contribution in [3.8, 4) is 51.0 Å². The number of pyridine rings is 1. The van der Waals surface area contributed by atoms with Crippen LogP contribution >= 0.6 is 11.3 Å². The van der Waals surface area contributed by atoms with E-state index in [4.69, 9.17) is 15.0 Å². The molecule has 0 atom stereocenters. The van der Waals surface area contributed by atoms with E-state index in [1.165, 1.54) is 30.9 Å². The largest absolute Gasteiger partial charge is 0.309 e. The summed E-state index contributed by atoms with van der Waals surface area (Å²) in [5.41, 5.74) is 8.22. The van der Waals surface area contributed by atoms with Crippen molar-refractivity contribution in [1.29, 1.82) is 0 Å². The van der Waals surface area contributed by atoms with E-state index in [0.717, 1.165) is 44.5 Å². The predicted molar refractivity (Wildman–Crippen MR) is 207 cm³/mol. The van der Waals surface area contributed by atoms with E-state index in [9.17, 15) is 0 Å². The molecule has 0 spiro atoms. The maximum atomic E-state index is 5.21. The van der Waals surface area contributed by atoms with Crippen molar-refractivity contribution >= 4 is 53.3 Å². The quantitative estimate of drug-likeness (QED) is 0.185. The van der Waals surface area contributed by atoms with Gasteiger partial charge in [-0.2, -0.15) is 0 Å². The zero-order chi connectivity index (χ0) is 33.0. The Labute approximate surface area is 291 Å². The van der Waals surface area contributed by atoms with E-state index in [2.05, 4.69) is 131 Å². The number of para-hydroxylation sites is 2. The van der Waals surface area contributed by atoms with Gasteiger partial charge in [-0.3, -0.25) is 4.98 Å². The van der Waals surface area contributed by atoms with Gasteiger partial charge in [0.15, 0.2) is 17.5 Å². The van der Waals surface area contributed by atoms with Gasteiger partial charge in [0.1, 0.15) is 0 Å². The summed E-state index contributed by atoms with van der Waals surface area (Å²) < 4.78 is 4.86. The zero-order valence-corrected chi connectivity index (χ0v) is 27.5. The van der Waals surface area contributed by atoms with Crippen molar-refractivity contribution in [1.82, 2.24) is 24.5 Å². The first kappa shape index (κ1) is 28.5. The molecule has 0 saturated carbocycles. The standard InChI is InChI=1S/C44H27N5S/c1-2-10-29(11-3-1)42-46-43(30-18-19-41-37(27-30)36-14-6-9-17-40(36)50-41)48-44(47-42)32-24-31(28-20-22-45-23-21-28)25-33(26-32)49-38-15-7-4-12-34(38)35-13-5-8-16-39(35)49/h1-27H. The molecule has 0 aliphatic carbocycles. The van der Waals surface area contributed by atoms with Crippen LogP contribution < -0.4 is 0 Å². The van der Waals surface area contributed by atoms with E-state index in [0.29, 0.717) is 17.5 Å². The fourth-order valence-electron chi connectivity index (χ4n) is 7.00. The van der Waals surface area contributed by atoms with Crippen LogP contribution in [-0.2, 0) is 0 Å². The number of thiophene rings is 1. The molecule has 10 rings (SSSR count). The number of fused-ring (bicyclic) bond motifs is 6. The van der Waals surface area contributed by atoms with E-state index in [-0.39, 0.29) is 0 Å². The van der Waals surface area contributed by atoms with Gasteiger partial charge in [0.05, 0.1) is 11.0 Å². The third-order valence-electron chi connectivity index (χ3n) is 9.33. The van der Waals surface area contributed by atoms with Gasteiger partial charge in [0.2, 0.25) is 0 Å². The first-order valence-corrected chi connectivity index (χ1v) is 17.4. The Morgan fingerprint density at radius 1 is 0.380 bits per heavy atom. The van der Waals surface area contributed by atoms with Crippen molar-refractivity contribution in [2.75, 3.05) is 0 Å². The zero-order valence-electron chi connectivity index (χ0n) is 26.7. The molecule has 50 heavy (non-hydrogen) atoms. The van der Waals surface area contributed by atoms with Gasteiger partial charge in [-0.05, 0) is 77.9 Å². The summed E-state index contributed by atoms with van der Waals surface area (Å²) in [6.07, 6.45) is 3.67. The normalized spacial score (nSPS) is 11.6. The Bertz CT molecular complexity index is 2820. The van der Waals surface area contributed by atoms with Crippen molar-refractivity contribution < 1.29 is 0 Å². The Kier molecular flexibility index (Phi) is 6.60. The fourth-order valence-corrected chi connectivity index (χ4v) is 8.08. The highest BCUT2D eigenvalue weighted by molar-refractivity contribution is 7.25. The third-order valence-corrected chi connectivity index (χ3v) is 10.5. The van der Waals surface area contributed by atoms with Crippen LogP contribution in [0.15, 0.2) is 164 Å². The molecule has 0 fully saturated rings. The molecule has 10 aromatic rings. The molecule has 0 N–H and O–H groups in total. The van der Waals surface area contributed by atoms with Crippen molar-refractivity contribution in [2.45, 2.75) is 0 Å². The van der Waals surface area contributed by atoms with Crippen LogP contribution in [0.5, 0.6) is 0 Å². The first-order chi connectivity index (χ1) is 24.8. The smallest absolute Gasteiger partial charge is 0.164 e. The minimum Gasteiger partial charge on any atom is -0.309 e. The van der Waals surface area contributed by atoms with Crippen molar-refractivity contribution in [2.24, 2.45) is 0 Å². The second-order valence-corrected chi connectivity index (χ2v) is 13.4. The van der Waals surface area contributed by atoms with E-state index < -0.39 is 0 Å². The molecule has 4 aromatic heterocycles. The van der Waals surface area contributed by atoms with Crippen LogP contribution in [0.3, 0.4) is 0 Å². The maximum absolute atomic E-state index is 5.21. The van der Waals surface area contributed by atoms with Crippen LogP contribution in [0.25, 0.3) is 93.0 Å². The molecular weight excluding hydrogens is 631 g/mol. The number of hydrogen-bond acceptors (Lipinski definition) is 5. The minimum absolute atomic E-state index is 0.613. The second kappa shape index (κ2) is 11.6. The Balaban J connectivity index is 1.23. The number of hydrogen-bond donors (Lipinski definition) is 0. The maximum Gasteiger partial charge on any atom is 0.164 e. The minimum atomic E-state index is 0.613. The van der Waals surface area contributed by atoms with Crippen LogP contribution in [0.4, 0.5) is 0 Å². The van der Waals surface area contributed by atoms with Crippen LogP contribution in [0.2, 0.25) is 0 Å². The Hall–Kier alpha value is -6.50. The highest BCUT2D eigenvalue weighted by Crippen LogP contribution is 2.38. The summed E-state index contributed by atoms with van der Waals surface area (Å²) in [6.45, 7) is 0. The SMILES string of the molecule is c1ccc(-c2nc(-c3cc(-c4ccncc4)cc(-n4c5ccccc5c5ccccc54)c3)nc(-c3ccc4sc5ccccc5c4c3)n2)cc1. The molecular formula is C44H27N5S. The average Bonchev–Trinajstić information content (AvgIpc) is 3.74. The van der Waals surface area contributed by atoms with E-state index >= 15 is 0 Å². The lowest BCUT2D eigenvalue weighted by atomic mass is 10.0. The lowest BCUT2D eigenvalue weighted by Crippen LogP contribution is -2.02. The summed E-state index contributed by atoms with van der Waals surface area (Å²) in [4.78, 5) is 19.7. The summed E-state index contributed by atoms with van der Waals surface area (Å²) in [5.74, 6) is 1.88. The number of rotatable bonds is 5. The molecule has 0 aliphatic rings. The fraction of sp³-hybridized carbons (Fsp3) is 0. The lowest BCUT2D eigenvalue weighted by molar-refractivity contribution is 1.07. The monoisotopic (exact) mass is 657 g/mol. The molecule has 6 aromatic carbocycles. The molecule has 0 radical (unpaired) electrons. The molecule has 0 saturated heterocycles. The van der Waals surface area contributed by atoms with Gasteiger partial charge in [0.25, 0.3) is 0 Å². The van der Waals surface area contributed by atoms with E-state index in [1.54, 1.807) is 11.3 Å². The topological polar surface area (TPSA) is 56.5 Å². The van der Waals surface area contributed by atoms with Gasteiger partial charge in [-0.15, -0.1) is 11.3 Å². The molecule has 6 heteroatoms. The lowest BCUT2D eigenvalue weighted by Gasteiger charge is -2.14. The van der Waals surface area contributed by atoms with E-state index in [1.807, 2.05) is 42.7 Å². The Morgan fingerprint density at radius 3 is 1.70 bits per heavy atom. The van der Waals surface area contributed by atoms with Crippen molar-refractivity contribution in [3.05, 3.63) is 164 Å². The molecule has 0 amide bonds. The summed E-state index contributed by atoms with van der Waals surface area (Å²) in [7, 11) is 0. The van der Waals surface area contributed by atoms with Gasteiger partial charge in [-0.1, -0.05) is 84.9 Å². The third kappa shape index (κ3) is 4.77. The highest BCUT2D eigenvalue weighted by atomic mass is 32.1. The van der Waals surface area contributed by atoms with Gasteiger partial charge >= 0.3 is 0 Å². The summed E-state index contributed by atoms with van der Waals surface area (Å²) in [5, 5.41) is 4.88. The molecule has 0 aliphatic heterocycles. The van der Waals surface area contributed by atoms with Crippen molar-refractivity contribution in [3.63, 3.8) is 0 Å². The Morgan fingerprint density at radius 2 is 0.960 bits per heavy atom. The van der Waals surface area contributed by atoms with Crippen LogP contribution in [0.1, 0.15) is 0 Å². The predicted octanol–water partition coefficient (Wildman–Crippen LogP) is 11.4. The van der Waals surface area contributed by atoms with Gasteiger partial charge in [-0.25, -0.2) is 15.0 Å². The number of nitrogens with zero attached hydrogens (tertiary/aromatic N) is 5. The van der Waals surface area contributed by atoms with Crippen LogP contribution in [-0.4, -0.2) is 24.5 Å². The number of benzene rings is 6. The first-order valence-electron chi connectivity index (χ1n) is 16.5.